The lowest BCUT2D eigenvalue weighted by atomic mass is 10.1. The summed E-state index contributed by atoms with van der Waals surface area (Å²) < 4.78 is 6.07. The quantitative estimate of drug-likeness (QED) is 0.737. The van der Waals surface area contributed by atoms with Crippen LogP contribution < -0.4 is 4.74 Å². The van der Waals surface area contributed by atoms with E-state index in [9.17, 15) is 0 Å². The zero-order valence-corrected chi connectivity index (χ0v) is 9.58. The van der Waals surface area contributed by atoms with Gasteiger partial charge in [0.1, 0.15) is 0 Å². The lowest BCUT2D eigenvalue weighted by molar-refractivity contribution is 0.412. The molecule has 1 aromatic carbocycles. The summed E-state index contributed by atoms with van der Waals surface area (Å²) in [4.78, 5) is 0. The van der Waals surface area contributed by atoms with Gasteiger partial charge < -0.3 is 4.74 Å². The van der Waals surface area contributed by atoms with E-state index in [1.54, 1.807) is 7.11 Å². The Labute approximate surface area is 85.8 Å². The summed E-state index contributed by atoms with van der Waals surface area (Å²) in [7, 11) is 1.61. The van der Waals surface area contributed by atoms with Gasteiger partial charge in [0.25, 0.3) is 0 Å². The summed E-state index contributed by atoms with van der Waals surface area (Å²) in [6.45, 7) is 4.05. The first kappa shape index (κ1) is 9.87. The minimum Gasteiger partial charge on any atom is -0.494 e. The molecular formula is C9H10BrClO. The normalized spacial score (nSPS) is 10.1. The van der Waals surface area contributed by atoms with Crippen LogP contribution in [0.3, 0.4) is 0 Å². The first-order chi connectivity index (χ1) is 5.57. The Bertz CT molecular complexity index is 310. The molecule has 0 aliphatic heterocycles. The fourth-order valence-corrected chi connectivity index (χ4v) is 2.14. The average Bonchev–Trinajstić information content (AvgIpc) is 2.01. The molecule has 12 heavy (non-hydrogen) atoms. The van der Waals surface area contributed by atoms with E-state index in [0.717, 1.165) is 15.6 Å². The van der Waals surface area contributed by atoms with Crippen molar-refractivity contribution in [2.24, 2.45) is 0 Å². The molecule has 0 N–H and O–H groups in total. The SMILES string of the molecule is COc1c(Cl)cc(C)c(C)c1Br. The van der Waals surface area contributed by atoms with Crippen molar-refractivity contribution in [1.29, 1.82) is 0 Å². The maximum atomic E-state index is 5.95. The first-order valence-corrected chi connectivity index (χ1v) is 4.74. The van der Waals surface area contributed by atoms with E-state index in [-0.39, 0.29) is 0 Å². The molecule has 0 aliphatic rings. The molecule has 66 valence electrons. The summed E-state index contributed by atoms with van der Waals surface area (Å²) in [5, 5.41) is 0.646. The standard InChI is InChI=1S/C9H10BrClO/c1-5-4-7(11)9(12-3)8(10)6(5)2/h4H,1-3H3. The van der Waals surface area contributed by atoms with Crippen molar-refractivity contribution in [3.8, 4) is 5.75 Å². The van der Waals surface area contributed by atoms with Crippen LogP contribution in [0.1, 0.15) is 11.1 Å². The molecule has 3 heteroatoms. The highest BCUT2D eigenvalue weighted by molar-refractivity contribution is 9.10. The van der Waals surface area contributed by atoms with Gasteiger partial charge in [-0.1, -0.05) is 11.6 Å². The van der Waals surface area contributed by atoms with Crippen LogP contribution in [0.15, 0.2) is 10.5 Å². The molecule has 0 saturated heterocycles. The lowest BCUT2D eigenvalue weighted by Crippen LogP contribution is -1.90. The lowest BCUT2D eigenvalue weighted by Gasteiger charge is -2.10. The highest BCUT2D eigenvalue weighted by Crippen LogP contribution is 2.36. The molecule has 0 unspecified atom stereocenters. The van der Waals surface area contributed by atoms with Gasteiger partial charge in [0.05, 0.1) is 16.6 Å². The molecule has 1 nitrogen and oxygen atoms in total. The molecule has 0 fully saturated rings. The summed E-state index contributed by atoms with van der Waals surface area (Å²) in [6, 6.07) is 1.90. The molecule has 0 atom stereocenters. The number of hydrogen-bond donors (Lipinski definition) is 0. The van der Waals surface area contributed by atoms with Crippen molar-refractivity contribution in [2.75, 3.05) is 7.11 Å². The number of methoxy groups -OCH3 is 1. The second-order valence-electron chi connectivity index (χ2n) is 2.65. The molecule has 0 spiro atoms. The van der Waals surface area contributed by atoms with E-state index in [2.05, 4.69) is 15.9 Å². The number of halogens is 2. The van der Waals surface area contributed by atoms with Crippen LogP contribution in [0.2, 0.25) is 5.02 Å². The van der Waals surface area contributed by atoms with Crippen LogP contribution in [0.5, 0.6) is 5.75 Å². The van der Waals surface area contributed by atoms with Crippen molar-refractivity contribution in [2.45, 2.75) is 13.8 Å². The van der Waals surface area contributed by atoms with Crippen molar-refractivity contribution in [3.05, 3.63) is 26.7 Å². The Morgan fingerprint density at radius 2 is 2.00 bits per heavy atom. The summed E-state index contributed by atoms with van der Waals surface area (Å²) >= 11 is 9.38. The third-order valence-corrected chi connectivity index (χ3v) is 3.12. The van der Waals surface area contributed by atoms with Gasteiger partial charge in [-0.3, -0.25) is 0 Å². The number of ether oxygens (including phenoxy) is 1. The number of benzene rings is 1. The van der Waals surface area contributed by atoms with Crippen LogP contribution in [0, 0.1) is 13.8 Å². The van der Waals surface area contributed by atoms with Gasteiger partial charge >= 0.3 is 0 Å². The summed E-state index contributed by atoms with van der Waals surface area (Å²) in [5.74, 6) is 0.708. The molecule has 0 aromatic heterocycles. The minimum absolute atomic E-state index is 0.646. The van der Waals surface area contributed by atoms with Crippen LogP contribution >= 0.6 is 27.5 Å². The first-order valence-electron chi connectivity index (χ1n) is 3.57. The van der Waals surface area contributed by atoms with Crippen molar-refractivity contribution >= 4 is 27.5 Å². The zero-order chi connectivity index (χ0) is 9.30. The Hall–Kier alpha value is -0.210. The van der Waals surface area contributed by atoms with E-state index < -0.39 is 0 Å². The predicted molar refractivity (Wildman–Crippen MR) is 55.2 cm³/mol. The molecule has 0 saturated carbocycles. The molecule has 1 rings (SSSR count). The zero-order valence-electron chi connectivity index (χ0n) is 7.24. The fourth-order valence-electron chi connectivity index (χ4n) is 0.999. The highest BCUT2D eigenvalue weighted by atomic mass is 79.9. The second-order valence-corrected chi connectivity index (χ2v) is 3.85. The average molecular weight is 250 g/mol. The minimum atomic E-state index is 0.646. The molecule has 1 aromatic rings. The Kier molecular flexibility index (Phi) is 3.02. The molecule has 0 heterocycles. The van der Waals surface area contributed by atoms with Gasteiger partial charge in [0.2, 0.25) is 0 Å². The van der Waals surface area contributed by atoms with Gasteiger partial charge in [-0.15, -0.1) is 0 Å². The molecule has 0 radical (unpaired) electrons. The fraction of sp³-hybridized carbons (Fsp3) is 0.333. The van der Waals surface area contributed by atoms with Gasteiger partial charge in [-0.25, -0.2) is 0 Å². The van der Waals surface area contributed by atoms with Crippen LogP contribution in [-0.2, 0) is 0 Å². The number of aryl methyl sites for hydroxylation is 1. The predicted octanol–water partition coefficient (Wildman–Crippen LogP) is 3.73. The molecular weight excluding hydrogens is 239 g/mol. The topological polar surface area (TPSA) is 9.23 Å². The van der Waals surface area contributed by atoms with E-state index in [1.165, 1.54) is 0 Å². The summed E-state index contributed by atoms with van der Waals surface area (Å²) in [6.07, 6.45) is 0. The maximum absolute atomic E-state index is 5.95. The second kappa shape index (κ2) is 3.67. The maximum Gasteiger partial charge on any atom is 0.151 e. The highest BCUT2D eigenvalue weighted by Gasteiger charge is 2.10. The summed E-state index contributed by atoms with van der Waals surface area (Å²) in [5.41, 5.74) is 2.32. The smallest absolute Gasteiger partial charge is 0.151 e. The number of rotatable bonds is 1. The molecule has 0 aliphatic carbocycles. The Morgan fingerprint density at radius 1 is 1.42 bits per heavy atom. The largest absolute Gasteiger partial charge is 0.494 e. The number of hydrogen-bond acceptors (Lipinski definition) is 1. The van der Waals surface area contributed by atoms with Crippen molar-refractivity contribution in [1.82, 2.24) is 0 Å². The van der Waals surface area contributed by atoms with Crippen LogP contribution in [0.25, 0.3) is 0 Å². The van der Waals surface area contributed by atoms with Gasteiger partial charge in [0.15, 0.2) is 5.75 Å². The third kappa shape index (κ3) is 1.59. The van der Waals surface area contributed by atoms with E-state index in [4.69, 9.17) is 16.3 Å². The molecule has 0 bridgehead atoms. The van der Waals surface area contributed by atoms with E-state index in [1.807, 2.05) is 19.9 Å². The van der Waals surface area contributed by atoms with E-state index >= 15 is 0 Å². The third-order valence-electron chi connectivity index (χ3n) is 1.88. The molecule has 0 amide bonds. The van der Waals surface area contributed by atoms with Gasteiger partial charge in [0, 0.05) is 0 Å². The van der Waals surface area contributed by atoms with Crippen molar-refractivity contribution in [3.63, 3.8) is 0 Å². The monoisotopic (exact) mass is 248 g/mol. The Morgan fingerprint density at radius 3 is 2.50 bits per heavy atom. The van der Waals surface area contributed by atoms with Gasteiger partial charge in [-0.2, -0.15) is 0 Å². The van der Waals surface area contributed by atoms with Gasteiger partial charge in [-0.05, 0) is 47.0 Å². The Balaban J connectivity index is 3.40. The van der Waals surface area contributed by atoms with Crippen molar-refractivity contribution < 1.29 is 4.74 Å². The van der Waals surface area contributed by atoms with Crippen LogP contribution in [0.4, 0.5) is 0 Å². The van der Waals surface area contributed by atoms with Crippen LogP contribution in [-0.4, -0.2) is 7.11 Å². The van der Waals surface area contributed by atoms with E-state index in [0.29, 0.717) is 10.8 Å².